The molecule has 4 nitrogen and oxygen atoms in total. The van der Waals surface area contributed by atoms with Gasteiger partial charge in [-0.05, 0) is 23.8 Å². The molecule has 1 unspecified atom stereocenters. The minimum absolute atomic E-state index is 0.0610. The lowest BCUT2D eigenvalue weighted by Crippen LogP contribution is -2.21. The van der Waals surface area contributed by atoms with E-state index in [9.17, 15) is 4.79 Å². The number of hydrogen-bond donors (Lipinski definition) is 1. The molecular formula is C13H10ClN3OS. The molecule has 3 rings (SSSR count). The number of rotatable bonds is 2. The maximum atomic E-state index is 12.2. The number of anilines is 1. The SMILES string of the molecule is O=C(Nc1ccc(Cl)nn1)C1CSc2ccccc21. The number of benzene rings is 1. The summed E-state index contributed by atoms with van der Waals surface area (Å²) in [5.74, 6) is 0.975. The van der Waals surface area contributed by atoms with Gasteiger partial charge in [-0.2, -0.15) is 0 Å². The Labute approximate surface area is 119 Å². The molecule has 1 aromatic carbocycles. The van der Waals surface area contributed by atoms with Crippen molar-refractivity contribution in [1.29, 1.82) is 0 Å². The van der Waals surface area contributed by atoms with Crippen LogP contribution in [0.5, 0.6) is 0 Å². The summed E-state index contributed by atoms with van der Waals surface area (Å²) in [5, 5.41) is 10.6. The number of nitrogens with zero attached hydrogens (tertiary/aromatic N) is 2. The van der Waals surface area contributed by atoms with Gasteiger partial charge >= 0.3 is 0 Å². The molecular weight excluding hydrogens is 282 g/mol. The van der Waals surface area contributed by atoms with Crippen LogP contribution in [-0.2, 0) is 4.79 Å². The summed E-state index contributed by atoms with van der Waals surface area (Å²) in [6.45, 7) is 0. The zero-order chi connectivity index (χ0) is 13.2. The third-order valence-electron chi connectivity index (χ3n) is 2.90. The second-order valence-corrected chi connectivity index (χ2v) is 5.58. The van der Waals surface area contributed by atoms with Crippen molar-refractivity contribution < 1.29 is 4.79 Å². The summed E-state index contributed by atoms with van der Waals surface area (Å²) in [6, 6.07) is 11.2. The van der Waals surface area contributed by atoms with E-state index >= 15 is 0 Å². The standard InChI is InChI=1S/C13H10ClN3OS/c14-11-5-6-12(17-16-11)15-13(18)9-7-19-10-4-2-1-3-8(9)10/h1-6,9H,7H2,(H,15,17,18). The summed E-state index contributed by atoms with van der Waals surface area (Å²) in [7, 11) is 0. The zero-order valence-corrected chi connectivity index (χ0v) is 11.4. The molecule has 1 atom stereocenters. The van der Waals surface area contributed by atoms with Crippen LogP contribution >= 0.6 is 23.4 Å². The van der Waals surface area contributed by atoms with E-state index in [1.54, 1.807) is 23.9 Å². The first-order valence-electron chi connectivity index (χ1n) is 5.76. The predicted octanol–water partition coefficient (Wildman–Crippen LogP) is 2.96. The second kappa shape index (κ2) is 5.19. The number of halogens is 1. The number of hydrogen-bond acceptors (Lipinski definition) is 4. The quantitative estimate of drug-likeness (QED) is 0.924. The summed E-state index contributed by atoms with van der Waals surface area (Å²) < 4.78 is 0. The van der Waals surface area contributed by atoms with Crippen LogP contribution in [0.15, 0.2) is 41.3 Å². The Morgan fingerprint density at radius 1 is 1.26 bits per heavy atom. The maximum absolute atomic E-state index is 12.2. The van der Waals surface area contributed by atoms with Crippen molar-refractivity contribution in [3.05, 3.63) is 47.1 Å². The van der Waals surface area contributed by atoms with Gasteiger partial charge in [0.25, 0.3) is 0 Å². The minimum Gasteiger partial charge on any atom is -0.309 e. The molecule has 0 bridgehead atoms. The van der Waals surface area contributed by atoms with Gasteiger partial charge in [0, 0.05) is 10.6 Å². The molecule has 0 aliphatic carbocycles. The summed E-state index contributed by atoms with van der Waals surface area (Å²) in [4.78, 5) is 13.4. The highest BCUT2D eigenvalue weighted by Gasteiger charge is 2.29. The number of thioether (sulfide) groups is 1. The fraction of sp³-hybridized carbons (Fsp3) is 0.154. The lowest BCUT2D eigenvalue weighted by atomic mass is 10.0. The third kappa shape index (κ3) is 2.57. The van der Waals surface area contributed by atoms with Crippen LogP contribution < -0.4 is 5.32 Å². The van der Waals surface area contributed by atoms with Crippen molar-refractivity contribution in [2.45, 2.75) is 10.8 Å². The van der Waals surface area contributed by atoms with E-state index in [4.69, 9.17) is 11.6 Å². The molecule has 2 heterocycles. The first-order valence-corrected chi connectivity index (χ1v) is 7.12. The van der Waals surface area contributed by atoms with Crippen LogP contribution in [0.2, 0.25) is 5.15 Å². The van der Waals surface area contributed by atoms with Crippen molar-refractivity contribution in [3.63, 3.8) is 0 Å². The molecule has 0 spiro atoms. The summed E-state index contributed by atoms with van der Waals surface area (Å²) in [6.07, 6.45) is 0. The Morgan fingerprint density at radius 3 is 2.89 bits per heavy atom. The number of fused-ring (bicyclic) bond motifs is 1. The highest BCUT2D eigenvalue weighted by molar-refractivity contribution is 7.99. The van der Waals surface area contributed by atoms with Crippen molar-refractivity contribution in [2.24, 2.45) is 0 Å². The maximum Gasteiger partial charge on any atom is 0.234 e. The highest BCUT2D eigenvalue weighted by atomic mass is 35.5. The smallest absolute Gasteiger partial charge is 0.234 e. The average Bonchev–Trinajstić information content (AvgIpc) is 2.85. The number of aromatic nitrogens is 2. The van der Waals surface area contributed by atoms with Crippen LogP contribution in [0.3, 0.4) is 0 Å². The van der Waals surface area contributed by atoms with Gasteiger partial charge < -0.3 is 5.32 Å². The Kier molecular flexibility index (Phi) is 3.40. The molecule has 0 radical (unpaired) electrons. The molecule has 2 aromatic rings. The predicted molar refractivity (Wildman–Crippen MR) is 75.6 cm³/mol. The van der Waals surface area contributed by atoms with Gasteiger partial charge in [0.05, 0.1) is 5.92 Å². The average molecular weight is 292 g/mol. The molecule has 1 aliphatic heterocycles. The molecule has 0 fully saturated rings. The lowest BCUT2D eigenvalue weighted by molar-refractivity contribution is -0.117. The van der Waals surface area contributed by atoms with Crippen molar-refractivity contribution >= 4 is 35.1 Å². The van der Waals surface area contributed by atoms with Crippen molar-refractivity contribution in [3.8, 4) is 0 Å². The van der Waals surface area contributed by atoms with Gasteiger partial charge in [0.15, 0.2) is 11.0 Å². The van der Waals surface area contributed by atoms with E-state index in [2.05, 4.69) is 15.5 Å². The van der Waals surface area contributed by atoms with Crippen LogP contribution in [0.4, 0.5) is 5.82 Å². The lowest BCUT2D eigenvalue weighted by Gasteiger charge is -2.10. The molecule has 19 heavy (non-hydrogen) atoms. The minimum atomic E-state index is -0.140. The number of carbonyl (C=O) groups is 1. The van der Waals surface area contributed by atoms with Gasteiger partial charge in [-0.25, -0.2) is 0 Å². The van der Waals surface area contributed by atoms with Crippen molar-refractivity contribution in [2.75, 3.05) is 11.1 Å². The van der Waals surface area contributed by atoms with Crippen molar-refractivity contribution in [1.82, 2.24) is 10.2 Å². The first-order chi connectivity index (χ1) is 9.24. The number of amides is 1. The van der Waals surface area contributed by atoms with E-state index in [-0.39, 0.29) is 11.8 Å². The molecule has 96 valence electrons. The normalized spacial score (nSPS) is 17.0. The van der Waals surface area contributed by atoms with Crippen LogP contribution in [0, 0.1) is 0 Å². The highest BCUT2D eigenvalue weighted by Crippen LogP contribution is 2.39. The molecule has 1 aliphatic rings. The Hall–Kier alpha value is -1.59. The monoisotopic (exact) mass is 291 g/mol. The second-order valence-electron chi connectivity index (χ2n) is 4.13. The molecule has 1 aromatic heterocycles. The molecule has 1 N–H and O–H groups in total. The van der Waals surface area contributed by atoms with E-state index in [1.165, 1.54) is 4.90 Å². The zero-order valence-electron chi connectivity index (χ0n) is 9.84. The Balaban J connectivity index is 1.77. The number of nitrogens with one attached hydrogen (secondary N) is 1. The summed E-state index contributed by atoms with van der Waals surface area (Å²) >= 11 is 7.35. The van der Waals surface area contributed by atoms with Gasteiger partial charge in [-0.3, -0.25) is 4.79 Å². The van der Waals surface area contributed by atoms with Crippen LogP contribution in [-0.4, -0.2) is 21.9 Å². The van der Waals surface area contributed by atoms with E-state index in [1.807, 2.05) is 24.3 Å². The summed E-state index contributed by atoms with van der Waals surface area (Å²) in [5.41, 5.74) is 1.08. The van der Waals surface area contributed by atoms with E-state index in [0.717, 1.165) is 11.3 Å². The van der Waals surface area contributed by atoms with E-state index < -0.39 is 0 Å². The Bertz CT molecular complexity index is 618. The van der Waals surface area contributed by atoms with Crippen LogP contribution in [0.1, 0.15) is 11.5 Å². The fourth-order valence-electron chi connectivity index (χ4n) is 1.98. The van der Waals surface area contributed by atoms with E-state index in [0.29, 0.717) is 11.0 Å². The molecule has 0 saturated heterocycles. The number of carbonyl (C=O) groups excluding carboxylic acids is 1. The van der Waals surface area contributed by atoms with Crippen LogP contribution in [0.25, 0.3) is 0 Å². The molecule has 1 amide bonds. The first kappa shape index (κ1) is 12.4. The fourth-order valence-corrected chi connectivity index (χ4v) is 3.31. The molecule has 6 heteroatoms. The largest absolute Gasteiger partial charge is 0.309 e. The van der Waals surface area contributed by atoms with Gasteiger partial charge in [0.1, 0.15) is 0 Å². The third-order valence-corrected chi connectivity index (χ3v) is 4.28. The topological polar surface area (TPSA) is 54.9 Å². The molecule has 0 saturated carbocycles. The van der Waals surface area contributed by atoms with Gasteiger partial charge in [0.2, 0.25) is 5.91 Å². The Morgan fingerprint density at radius 2 is 2.11 bits per heavy atom. The van der Waals surface area contributed by atoms with Gasteiger partial charge in [-0.15, -0.1) is 22.0 Å². The van der Waals surface area contributed by atoms with Gasteiger partial charge in [-0.1, -0.05) is 29.8 Å².